The summed E-state index contributed by atoms with van der Waals surface area (Å²) < 4.78 is 5.22. The van der Waals surface area contributed by atoms with Crippen molar-refractivity contribution in [2.24, 2.45) is 11.3 Å². The Morgan fingerprint density at radius 2 is 1.76 bits per heavy atom. The predicted molar refractivity (Wildman–Crippen MR) is 64.7 cm³/mol. The summed E-state index contributed by atoms with van der Waals surface area (Å²) in [6, 6.07) is 0. The second-order valence-electron chi connectivity index (χ2n) is 5.46. The van der Waals surface area contributed by atoms with E-state index in [2.05, 4.69) is 5.32 Å². The molecule has 0 rings (SSSR count). The van der Waals surface area contributed by atoms with Crippen molar-refractivity contribution in [1.82, 2.24) is 5.32 Å². The summed E-state index contributed by atoms with van der Waals surface area (Å²) in [5.74, 6) is -2.21. The van der Waals surface area contributed by atoms with Gasteiger partial charge in [-0.2, -0.15) is 0 Å². The Morgan fingerprint density at radius 1 is 1.29 bits per heavy atom. The molecule has 0 bridgehead atoms. The van der Waals surface area contributed by atoms with E-state index in [4.69, 9.17) is 4.74 Å². The summed E-state index contributed by atoms with van der Waals surface area (Å²) >= 11 is 0. The molecular weight excluding hydrogens is 222 g/mol. The van der Waals surface area contributed by atoms with E-state index >= 15 is 0 Å². The van der Waals surface area contributed by atoms with Crippen LogP contribution in [-0.4, -0.2) is 36.2 Å². The van der Waals surface area contributed by atoms with Gasteiger partial charge < -0.3 is 15.2 Å². The van der Waals surface area contributed by atoms with E-state index in [0.29, 0.717) is 0 Å². The van der Waals surface area contributed by atoms with E-state index in [1.54, 1.807) is 41.7 Å². The van der Waals surface area contributed by atoms with Crippen molar-refractivity contribution in [3.63, 3.8) is 0 Å². The predicted octanol–water partition coefficient (Wildman–Crippen LogP) is 1.27. The molecule has 5 heteroatoms. The van der Waals surface area contributed by atoms with E-state index in [1.807, 2.05) is 0 Å². The van der Waals surface area contributed by atoms with Gasteiger partial charge in [0.05, 0.1) is 0 Å². The van der Waals surface area contributed by atoms with Crippen LogP contribution in [0.3, 0.4) is 0 Å². The fourth-order valence-corrected chi connectivity index (χ4v) is 1.57. The molecule has 17 heavy (non-hydrogen) atoms. The van der Waals surface area contributed by atoms with Crippen LogP contribution in [0.15, 0.2) is 0 Å². The Hall–Kier alpha value is -1.10. The highest BCUT2D eigenvalue weighted by Gasteiger charge is 2.51. The largest absolute Gasteiger partial charge is 0.480 e. The van der Waals surface area contributed by atoms with Crippen LogP contribution in [0.25, 0.3) is 0 Å². The normalized spacial score (nSPS) is 15.5. The molecule has 0 amide bonds. The van der Waals surface area contributed by atoms with E-state index in [0.717, 1.165) is 0 Å². The molecule has 0 aliphatic heterocycles. The van der Waals surface area contributed by atoms with Gasteiger partial charge in [-0.25, -0.2) is 0 Å². The third kappa shape index (κ3) is 3.70. The SMILES string of the molecule is CNC[C@@](C(=O)O)(C(=O)OC(C)(C)C)C(C)C. The first-order chi connectivity index (χ1) is 7.58. The average molecular weight is 245 g/mol. The summed E-state index contributed by atoms with van der Waals surface area (Å²) in [6.45, 7) is 8.62. The van der Waals surface area contributed by atoms with Gasteiger partial charge in [0, 0.05) is 6.54 Å². The molecule has 0 aliphatic rings. The number of ether oxygens (including phenoxy) is 1. The van der Waals surface area contributed by atoms with Gasteiger partial charge in [0.25, 0.3) is 0 Å². The number of carboxylic acids is 1. The van der Waals surface area contributed by atoms with Crippen molar-refractivity contribution in [3.8, 4) is 0 Å². The minimum atomic E-state index is -1.54. The lowest BCUT2D eigenvalue weighted by Crippen LogP contribution is -2.52. The first-order valence-corrected chi connectivity index (χ1v) is 5.69. The quantitative estimate of drug-likeness (QED) is 0.563. The minimum Gasteiger partial charge on any atom is -0.480 e. The van der Waals surface area contributed by atoms with Crippen LogP contribution in [0.5, 0.6) is 0 Å². The second-order valence-corrected chi connectivity index (χ2v) is 5.46. The van der Waals surface area contributed by atoms with Crippen molar-refractivity contribution in [1.29, 1.82) is 0 Å². The molecule has 0 radical (unpaired) electrons. The summed E-state index contributed by atoms with van der Waals surface area (Å²) in [5.41, 5.74) is -2.23. The topological polar surface area (TPSA) is 75.6 Å². The van der Waals surface area contributed by atoms with Crippen molar-refractivity contribution >= 4 is 11.9 Å². The first kappa shape index (κ1) is 15.9. The van der Waals surface area contributed by atoms with Gasteiger partial charge >= 0.3 is 11.9 Å². The van der Waals surface area contributed by atoms with Crippen molar-refractivity contribution in [2.75, 3.05) is 13.6 Å². The van der Waals surface area contributed by atoms with E-state index in [9.17, 15) is 14.7 Å². The Kier molecular flexibility index (Phi) is 5.13. The number of carbonyl (C=O) groups excluding carboxylic acids is 1. The van der Waals surface area contributed by atoms with Gasteiger partial charge in [-0.3, -0.25) is 9.59 Å². The standard InChI is InChI=1S/C12H23NO4/c1-8(2)12(7-13-6,9(14)15)10(16)17-11(3,4)5/h8,13H,7H2,1-6H3,(H,14,15)/t12-/m1/s1. The first-order valence-electron chi connectivity index (χ1n) is 5.69. The highest BCUT2D eigenvalue weighted by atomic mass is 16.6. The van der Waals surface area contributed by atoms with E-state index in [-0.39, 0.29) is 12.5 Å². The number of carbonyl (C=O) groups is 2. The third-order valence-corrected chi connectivity index (χ3v) is 2.59. The smallest absolute Gasteiger partial charge is 0.325 e. The van der Waals surface area contributed by atoms with E-state index < -0.39 is 23.0 Å². The number of nitrogens with one attached hydrogen (secondary N) is 1. The molecule has 2 N–H and O–H groups in total. The monoisotopic (exact) mass is 245 g/mol. The molecule has 0 unspecified atom stereocenters. The lowest BCUT2D eigenvalue weighted by molar-refractivity contribution is -0.180. The van der Waals surface area contributed by atoms with Gasteiger partial charge in [0.15, 0.2) is 5.41 Å². The molecule has 0 saturated heterocycles. The molecule has 0 spiro atoms. The summed E-state index contributed by atoms with van der Waals surface area (Å²) in [4.78, 5) is 23.5. The van der Waals surface area contributed by atoms with Crippen molar-refractivity contribution in [3.05, 3.63) is 0 Å². The fourth-order valence-electron chi connectivity index (χ4n) is 1.57. The maximum atomic E-state index is 12.1. The Bertz CT molecular complexity index is 293. The molecule has 0 aromatic carbocycles. The van der Waals surface area contributed by atoms with Crippen molar-refractivity contribution in [2.45, 2.75) is 40.2 Å². The molecule has 0 aromatic heterocycles. The Labute approximate surface area is 103 Å². The summed E-state index contributed by atoms with van der Waals surface area (Å²) in [7, 11) is 1.62. The second kappa shape index (κ2) is 5.49. The number of aliphatic carboxylic acids is 1. The highest BCUT2D eigenvalue weighted by Crippen LogP contribution is 2.31. The summed E-state index contributed by atoms with van der Waals surface area (Å²) in [5, 5.41) is 12.1. The lowest BCUT2D eigenvalue weighted by Gasteiger charge is -2.33. The zero-order valence-corrected chi connectivity index (χ0v) is 11.5. The molecule has 0 aliphatic carbocycles. The van der Waals surface area contributed by atoms with Crippen LogP contribution in [0.2, 0.25) is 0 Å². The van der Waals surface area contributed by atoms with Gasteiger partial charge in [0.2, 0.25) is 0 Å². The van der Waals surface area contributed by atoms with Gasteiger partial charge in [-0.05, 0) is 33.7 Å². The molecule has 100 valence electrons. The lowest BCUT2D eigenvalue weighted by atomic mass is 9.77. The van der Waals surface area contributed by atoms with Gasteiger partial charge in [0.1, 0.15) is 5.60 Å². The maximum absolute atomic E-state index is 12.1. The third-order valence-electron chi connectivity index (χ3n) is 2.59. The van der Waals surface area contributed by atoms with Crippen LogP contribution in [0, 0.1) is 11.3 Å². The molecule has 0 heterocycles. The van der Waals surface area contributed by atoms with Crippen LogP contribution >= 0.6 is 0 Å². The number of carboxylic acid groups (broad SMARTS) is 1. The Morgan fingerprint density at radius 3 is 2.00 bits per heavy atom. The number of rotatable bonds is 5. The molecule has 1 atom stereocenters. The van der Waals surface area contributed by atoms with Crippen LogP contribution < -0.4 is 5.32 Å². The van der Waals surface area contributed by atoms with Gasteiger partial charge in [-0.1, -0.05) is 13.8 Å². The average Bonchev–Trinajstić information content (AvgIpc) is 2.09. The molecule has 0 fully saturated rings. The van der Waals surface area contributed by atoms with E-state index in [1.165, 1.54) is 0 Å². The van der Waals surface area contributed by atoms with Crippen molar-refractivity contribution < 1.29 is 19.4 Å². The molecule has 0 aromatic rings. The number of esters is 1. The van der Waals surface area contributed by atoms with Crippen LogP contribution in [0.4, 0.5) is 0 Å². The maximum Gasteiger partial charge on any atom is 0.325 e. The minimum absolute atomic E-state index is 0.0505. The zero-order valence-electron chi connectivity index (χ0n) is 11.5. The Balaban J connectivity index is 5.30. The molecule has 0 saturated carbocycles. The van der Waals surface area contributed by atoms with Crippen LogP contribution in [0.1, 0.15) is 34.6 Å². The number of hydrogen-bond acceptors (Lipinski definition) is 4. The van der Waals surface area contributed by atoms with Gasteiger partial charge in [-0.15, -0.1) is 0 Å². The zero-order chi connectivity index (χ0) is 13.9. The number of hydrogen-bond donors (Lipinski definition) is 2. The summed E-state index contributed by atoms with van der Waals surface area (Å²) in [6.07, 6.45) is 0. The molecular formula is C12H23NO4. The van der Waals surface area contributed by atoms with Crippen LogP contribution in [-0.2, 0) is 14.3 Å². The highest BCUT2D eigenvalue weighted by molar-refractivity contribution is 6.00. The molecule has 5 nitrogen and oxygen atoms in total. The fraction of sp³-hybridized carbons (Fsp3) is 0.833.